The first-order chi connectivity index (χ1) is 12.3. The van der Waals surface area contributed by atoms with Crippen molar-refractivity contribution in [3.05, 3.63) is 28.3 Å². The molecule has 0 radical (unpaired) electrons. The first kappa shape index (κ1) is 18.1. The van der Waals surface area contributed by atoms with Crippen LogP contribution in [0, 0.1) is 0 Å². The Bertz CT molecular complexity index is 690. The number of urea groups is 1. The van der Waals surface area contributed by atoms with Crippen LogP contribution in [0.2, 0.25) is 0 Å². The highest BCUT2D eigenvalue weighted by Crippen LogP contribution is 2.38. The average molecular weight is 376 g/mol. The van der Waals surface area contributed by atoms with Gasteiger partial charge in [-0.1, -0.05) is 6.07 Å². The second-order valence-electron chi connectivity index (χ2n) is 8.79. The van der Waals surface area contributed by atoms with Crippen LogP contribution >= 0.6 is 0 Å². The summed E-state index contributed by atoms with van der Waals surface area (Å²) in [5.74, 6) is 0. The van der Waals surface area contributed by atoms with Gasteiger partial charge in [-0.05, 0) is 81.5 Å². The monoisotopic (exact) mass is 375 g/mol. The largest absolute Gasteiger partial charge is 0.593 e. The third-order valence-electron chi connectivity index (χ3n) is 6.00. The van der Waals surface area contributed by atoms with Crippen LogP contribution in [-0.2, 0) is 37.0 Å². The average Bonchev–Trinajstić information content (AvgIpc) is 3.11. The summed E-state index contributed by atoms with van der Waals surface area (Å²) in [5, 5.41) is 3.08. The SMILES string of the molecule is CC(C)(C)N1CC([S+]([O-])NC(=O)Nc2c3c(cc4c2CCC4)CCC3)C1. The highest BCUT2D eigenvalue weighted by molar-refractivity contribution is 7.90. The lowest BCUT2D eigenvalue weighted by molar-refractivity contribution is 0.0721. The molecule has 2 amide bonds. The second kappa shape index (κ2) is 6.73. The van der Waals surface area contributed by atoms with Gasteiger partial charge in [-0.25, -0.2) is 4.79 Å². The molecule has 4 rings (SSSR count). The van der Waals surface area contributed by atoms with Gasteiger partial charge in [0.25, 0.3) is 0 Å². The van der Waals surface area contributed by atoms with Gasteiger partial charge in [0.1, 0.15) is 0 Å². The van der Waals surface area contributed by atoms with E-state index >= 15 is 0 Å². The van der Waals surface area contributed by atoms with E-state index in [1.165, 1.54) is 22.3 Å². The van der Waals surface area contributed by atoms with Gasteiger partial charge in [0, 0.05) is 11.2 Å². The summed E-state index contributed by atoms with van der Waals surface area (Å²) < 4.78 is 15.2. The van der Waals surface area contributed by atoms with E-state index in [4.69, 9.17) is 0 Å². The van der Waals surface area contributed by atoms with Crippen molar-refractivity contribution in [1.29, 1.82) is 0 Å². The molecule has 1 aromatic rings. The number of hydrogen-bond donors (Lipinski definition) is 2. The lowest BCUT2D eigenvalue weighted by Gasteiger charge is -2.46. The van der Waals surface area contributed by atoms with Gasteiger partial charge in [0.2, 0.25) is 0 Å². The van der Waals surface area contributed by atoms with Crippen LogP contribution < -0.4 is 10.0 Å². The molecular weight excluding hydrogens is 346 g/mol. The van der Waals surface area contributed by atoms with Crippen LogP contribution in [-0.4, -0.2) is 39.4 Å². The van der Waals surface area contributed by atoms with E-state index in [0.29, 0.717) is 0 Å². The number of carbonyl (C=O) groups is 1. The van der Waals surface area contributed by atoms with Gasteiger partial charge in [-0.3, -0.25) is 4.90 Å². The number of benzene rings is 1. The Morgan fingerprint density at radius 2 is 1.69 bits per heavy atom. The van der Waals surface area contributed by atoms with Gasteiger partial charge in [-0.2, -0.15) is 4.72 Å². The molecule has 1 aromatic carbocycles. The van der Waals surface area contributed by atoms with Crippen molar-refractivity contribution in [2.24, 2.45) is 0 Å². The Kier molecular flexibility index (Phi) is 4.70. The van der Waals surface area contributed by atoms with Crippen LogP contribution in [0.25, 0.3) is 0 Å². The molecule has 142 valence electrons. The smallest absolute Gasteiger partial charge is 0.360 e. The minimum absolute atomic E-state index is 0.0205. The third-order valence-corrected chi connectivity index (χ3v) is 7.29. The van der Waals surface area contributed by atoms with E-state index < -0.39 is 11.4 Å². The van der Waals surface area contributed by atoms with Crippen molar-refractivity contribution in [2.75, 3.05) is 18.4 Å². The summed E-state index contributed by atoms with van der Waals surface area (Å²) in [5.41, 5.74) is 6.48. The first-order valence-electron chi connectivity index (χ1n) is 9.72. The summed E-state index contributed by atoms with van der Waals surface area (Å²) >= 11 is -1.34. The second-order valence-corrected chi connectivity index (χ2v) is 10.3. The molecule has 3 aliphatic rings. The van der Waals surface area contributed by atoms with Crippen LogP contribution in [0.3, 0.4) is 0 Å². The molecule has 26 heavy (non-hydrogen) atoms. The Hall–Kier alpha value is -1.24. The summed E-state index contributed by atoms with van der Waals surface area (Å²) in [6, 6.07) is 2.02. The fraction of sp³-hybridized carbons (Fsp3) is 0.650. The number of fused-ring (bicyclic) bond motifs is 2. The number of aryl methyl sites for hydroxylation is 2. The van der Waals surface area contributed by atoms with E-state index in [1.54, 1.807) is 0 Å². The highest BCUT2D eigenvalue weighted by atomic mass is 32.2. The maximum atomic E-state index is 12.5. The van der Waals surface area contributed by atoms with Crippen molar-refractivity contribution in [3.8, 4) is 0 Å². The highest BCUT2D eigenvalue weighted by Gasteiger charge is 2.42. The molecule has 1 unspecified atom stereocenters. The zero-order chi connectivity index (χ0) is 18.5. The molecule has 1 heterocycles. The maximum absolute atomic E-state index is 12.5. The van der Waals surface area contributed by atoms with Crippen molar-refractivity contribution >= 4 is 23.1 Å². The molecule has 2 aliphatic carbocycles. The fourth-order valence-corrected chi connectivity index (χ4v) is 5.43. The normalized spacial score (nSPS) is 21.1. The van der Waals surface area contributed by atoms with E-state index in [2.05, 4.69) is 41.8 Å². The quantitative estimate of drug-likeness (QED) is 0.798. The summed E-state index contributed by atoms with van der Waals surface area (Å²) in [6.45, 7) is 8.01. The molecule has 1 fully saturated rings. The van der Waals surface area contributed by atoms with Gasteiger partial charge in [-0.15, -0.1) is 0 Å². The first-order valence-corrected chi connectivity index (χ1v) is 10.9. The molecule has 1 saturated heterocycles. The number of rotatable bonds is 3. The molecule has 6 heteroatoms. The topological polar surface area (TPSA) is 67.4 Å². The number of carbonyl (C=O) groups excluding carboxylic acids is 1. The molecule has 5 nitrogen and oxygen atoms in total. The number of anilines is 1. The van der Waals surface area contributed by atoms with E-state index in [0.717, 1.165) is 57.3 Å². The predicted octanol–water partition coefficient (Wildman–Crippen LogP) is 2.93. The Morgan fingerprint density at radius 3 is 2.23 bits per heavy atom. The van der Waals surface area contributed by atoms with E-state index in [1.807, 2.05) is 0 Å². The number of likely N-dealkylation sites (tertiary alicyclic amines) is 1. The van der Waals surface area contributed by atoms with Crippen molar-refractivity contribution < 1.29 is 9.35 Å². The summed E-state index contributed by atoms with van der Waals surface area (Å²) in [4.78, 5) is 14.8. The minimum atomic E-state index is -1.34. The molecule has 1 aliphatic heterocycles. The standard InChI is InChI=1S/C20H29N3O2S/c1-20(2,3)23-11-15(12-23)26(25)22-19(24)21-18-16-8-4-6-13(16)10-14-7-5-9-17(14)18/h10,15H,4-9,11-12H2,1-3H3,(H2,21,22,24). The number of nitrogens with zero attached hydrogens (tertiary/aromatic N) is 1. The molecule has 0 saturated carbocycles. The van der Waals surface area contributed by atoms with E-state index in [9.17, 15) is 9.35 Å². The van der Waals surface area contributed by atoms with Gasteiger partial charge in [0.15, 0.2) is 5.25 Å². The number of nitrogens with one attached hydrogen (secondary N) is 2. The molecule has 2 N–H and O–H groups in total. The van der Waals surface area contributed by atoms with Crippen molar-refractivity contribution in [2.45, 2.75) is 70.1 Å². The third kappa shape index (κ3) is 3.35. The summed E-state index contributed by atoms with van der Waals surface area (Å²) in [6.07, 6.45) is 6.59. The Labute approximate surface area is 159 Å². The number of hydrogen-bond acceptors (Lipinski definition) is 3. The van der Waals surface area contributed by atoms with Crippen molar-refractivity contribution in [1.82, 2.24) is 9.62 Å². The molecule has 1 atom stereocenters. The maximum Gasteiger partial charge on any atom is 0.360 e. The van der Waals surface area contributed by atoms with Crippen LogP contribution in [0.15, 0.2) is 6.07 Å². The van der Waals surface area contributed by atoms with Crippen molar-refractivity contribution in [3.63, 3.8) is 0 Å². The molecular formula is C20H29N3O2S. The van der Waals surface area contributed by atoms with Gasteiger partial charge in [0.05, 0.1) is 24.5 Å². The molecule has 0 bridgehead atoms. The predicted molar refractivity (Wildman–Crippen MR) is 106 cm³/mol. The van der Waals surface area contributed by atoms with Gasteiger partial charge < -0.3 is 9.87 Å². The number of amides is 2. The molecule has 0 spiro atoms. The van der Waals surface area contributed by atoms with Crippen LogP contribution in [0.4, 0.5) is 10.5 Å². The van der Waals surface area contributed by atoms with Crippen LogP contribution in [0.1, 0.15) is 55.9 Å². The Balaban J connectivity index is 1.41. The molecule has 0 aromatic heterocycles. The van der Waals surface area contributed by atoms with E-state index in [-0.39, 0.29) is 16.8 Å². The lowest BCUT2D eigenvalue weighted by Crippen LogP contribution is -2.63. The zero-order valence-electron chi connectivity index (χ0n) is 16.0. The van der Waals surface area contributed by atoms with Gasteiger partial charge >= 0.3 is 6.03 Å². The van der Waals surface area contributed by atoms with Crippen LogP contribution in [0.5, 0.6) is 0 Å². The zero-order valence-corrected chi connectivity index (χ0v) is 16.8. The lowest BCUT2D eigenvalue weighted by atomic mass is 9.99. The summed E-state index contributed by atoms with van der Waals surface area (Å²) in [7, 11) is 0. The Morgan fingerprint density at radius 1 is 1.12 bits per heavy atom. The fourth-order valence-electron chi connectivity index (χ4n) is 4.40. The minimum Gasteiger partial charge on any atom is -0.593 e.